The summed E-state index contributed by atoms with van der Waals surface area (Å²) in [5.74, 6) is 0. The Hall–Kier alpha value is -1.63. The van der Waals surface area contributed by atoms with Crippen molar-refractivity contribution in [2.75, 3.05) is 26.3 Å². The van der Waals surface area contributed by atoms with Gasteiger partial charge in [0.15, 0.2) is 0 Å². The molecular weight excluding hydrogens is 310 g/mol. The number of hydrogen-bond acceptors (Lipinski definition) is 5. The average molecular weight is 337 g/mol. The van der Waals surface area contributed by atoms with Gasteiger partial charge >= 0.3 is 6.09 Å². The highest BCUT2D eigenvalue weighted by Crippen LogP contribution is 2.14. The van der Waals surface area contributed by atoms with Gasteiger partial charge in [0, 0.05) is 0 Å². The number of carbonyl (C=O) groups is 1. The van der Waals surface area contributed by atoms with E-state index in [0.29, 0.717) is 19.8 Å². The Kier molecular flexibility index (Phi) is 6.60. The largest absolute Gasteiger partial charge is 0.444 e. The third-order valence-electron chi connectivity index (χ3n) is 3.45. The monoisotopic (exact) mass is 337 g/mol. The van der Waals surface area contributed by atoms with Crippen LogP contribution >= 0.6 is 0 Å². The molecule has 1 fully saturated rings. The molecule has 0 aliphatic carbocycles. The zero-order valence-corrected chi connectivity index (χ0v) is 14.6. The molecule has 2 rings (SSSR count). The topological polar surface area (TPSA) is 68.2 Å². The first-order valence-corrected chi connectivity index (χ1v) is 8.23. The number of amides is 1. The van der Waals surface area contributed by atoms with Gasteiger partial charge in [-0.2, -0.15) is 0 Å². The molecule has 1 aliphatic rings. The number of carbonyl (C=O) groups excluding carboxylic acids is 1. The number of benzene rings is 1. The summed E-state index contributed by atoms with van der Waals surface area (Å²) in [5, 5.41) is 9.91. The minimum absolute atomic E-state index is 0.179. The normalized spacial score (nSPS) is 22.1. The van der Waals surface area contributed by atoms with E-state index in [1.54, 1.807) is 0 Å². The number of ether oxygens (including phenoxy) is 3. The van der Waals surface area contributed by atoms with Crippen LogP contribution in [0.3, 0.4) is 0 Å². The second kappa shape index (κ2) is 8.46. The van der Waals surface area contributed by atoms with E-state index in [0.717, 1.165) is 5.56 Å². The fourth-order valence-corrected chi connectivity index (χ4v) is 2.39. The van der Waals surface area contributed by atoms with E-state index in [2.05, 4.69) is 0 Å². The van der Waals surface area contributed by atoms with E-state index < -0.39 is 17.8 Å². The van der Waals surface area contributed by atoms with Crippen molar-refractivity contribution in [3.8, 4) is 0 Å². The Balaban J connectivity index is 1.86. The minimum Gasteiger partial charge on any atom is -0.444 e. The maximum atomic E-state index is 12.2. The molecule has 1 heterocycles. The summed E-state index contributed by atoms with van der Waals surface area (Å²) in [5.41, 5.74) is 0.504. The predicted molar refractivity (Wildman–Crippen MR) is 89.7 cm³/mol. The van der Waals surface area contributed by atoms with Gasteiger partial charge in [-0.15, -0.1) is 0 Å². The van der Waals surface area contributed by atoms with Gasteiger partial charge in [-0.1, -0.05) is 30.3 Å². The van der Waals surface area contributed by atoms with Crippen LogP contribution in [0.4, 0.5) is 4.79 Å². The van der Waals surface area contributed by atoms with Crippen LogP contribution < -0.4 is 0 Å². The first-order valence-electron chi connectivity index (χ1n) is 8.23. The van der Waals surface area contributed by atoms with Crippen molar-refractivity contribution in [1.82, 2.24) is 4.90 Å². The van der Waals surface area contributed by atoms with Crippen molar-refractivity contribution >= 4 is 6.09 Å². The smallest absolute Gasteiger partial charge is 0.410 e. The Labute approximate surface area is 143 Å². The Bertz CT molecular complexity index is 514. The lowest BCUT2D eigenvalue weighted by Crippen LogP contribution is -2.43. The zero-order chi connectivity index (χ0) is 17.6. The van der Waals surface area contributed by atoms with E-state index in [1.807, 2.05) is 51.1 Å². The Morgan fingerprint density at radius 3 is 2.67 bits per heavy atom. The lowest BCUT2D eigenvalue weighted by molar-refractivity contribution is -0.0381. The first-order chi connectivity index (χ1) is 11.3. The quantitative estimate of drug-likeness (QED) is 0.912. The van der Waals surface area contributed by atoms with Crippen LogP contribution in [-0.2, 0) is 20.8 Å². The number of rotatable bonds is 4. The molecule has 0 saturated carbocycles. The van der Waals surface area contributed by atoms with Crippen molar-refractivity contribution in [2.24, 2.45) is 0 Å². The van der Waals surface area contributed by atoms with E-state index >= 15 is 0 Å². The minimum atomic E-state index is -0.725. The molecule has 1 saturated heterocycles. The second-order valence-corrected chi connectivity index (χ2v) is 7.00. The molecule has 6 heteroatoms. The zero-order valence-electron chi connectivity index (χ0n) is 14.6. The summed E-state index contributed by atoms with van der Waals surface area (Å²) in [6.07, 6.45) is -1.46. The summed E-state index contributed by atoms with van der Waals surface area (Å²) in [6, 6.07) is 9.86. The van der Waals surface area contributed by atoms with Crippen molar-refractivity contribution in [2.45, 2.75) is 45.2 Å². The van der Waals surface area contributed by atoms with E-state index in [9.17, 15) is 9.90 Å². The molecule has 0 aromatic heterocycles. The highest BCUT2D eigenvalue weighted by molar-refractivity contribution is 5.68. The summed E-state index contributed by atoms with van der Waals surface area (Å²) in [4.78, 5) is 13.7. The molecule has 134 valence electrons. The first kappa shape index (κ1) is 18.7. The maximum Gasteiger partial charge on any atom is 0.410 e. The third-order valence-corrected chi connectivity index (χ3v) is 3.45. The molecule has 0 spiro atoms. The summed E-state index contributed by atoms with van der Waals surface area (Å²) >= 11 is 0. The highest BCUT2D eigenvalue weighted by atomic mass is 16.6. The van der Waals surface area contributed by atoms with Gasteiger partial charge in [0.1, 0.15) is 5.60 Å². The lowest BCUT2D eigenvalue weighted by Gasteiger charge is -2.28. The molecule has 24 heavy (non-hydrogen) atoms. The van der Waals surface area contributed by atoms with Gasteiger partial charge in [0.2, 0.25) is 0 Å². The molecular formula is C18H27NO5. The molecule has 1 aromatic rings. The summed E-state index contributed by atoms with van der Waals surface area (Å²) in [7, 11) is 0. The van der Waals surface area contributed by atoms with E-state index in [1.165, 1.54) is 4.90 Å². The summed E-state index contributed by atoms with van der Waals surface area (Å²) < 4.78 is 16.7. The van der Waals surface area contributed by atoms with Crippen LogP contribution in [0.1, 0.15) is 26.3 Å². The van der Waals surface area contributed by atoms with Gasteiger partial charge in [-0.25, -0.2) is 4.79 Å². The van der Waals surface area contributed by atoms with Gasteiger partial charge < -0.3 is 24.2 Å². The highest BCUT2D eigenvalue weighted by Gasteiger charge is 2.30. The molecule has 2 atom stereocenters. The van der Waals surface area contributed by atoms with Crippen molar-refractivity contribution in [1.29, 1.82) is 0 Å². The Morgan fingerprint density at radius 1 is 1.29 bits per heavy atom. The van der Waals surface area contributed by atoms with Crippen LogP contribution in [0.25, 0.3) is 0 Å². The number of hydrogen-bond donors (Lipinski definition) is 1. The molecule has 0 radical (unpaired) electrons. The van der Waals surface area contributed by atoms with Gasteiger partial charge in [0.05, 0.1) is 45.1 Å². The fraction of sp³-hybridized carbons (Fsp3) is 0.611. The predicted octanol–water partition coefficient (Wildman–Crippen LogP) is 2.20. The number of β-amino-alcohol motifs (C(OH)–C–C–N with tert-alkyl or cyclic N) is 1. The molecule has 1 amide bonds. The van der Waals surface area contributed by atoms with Crippen molar-refractivity contribution < 1.29 is 24.1 Å². The van der Waals surface area contributed by atoms with Gasteiger partial charge in [0.25, 0.3) is 0 Å². The van der Waals surface area contributed by atoms with Crippen LogP contribution in [-0.4, -0.2) is 60.2 Å². The van der Waals surface area contributed by atoms with Gasteiger partial charge in [-0.3, -0.25) is 0 Å². The van der Waals surface area contributed by atoms with Crippen molar-refractivity contribution in [3.63, 3.8) is 0 Å². The molecule has 1 N–H and O–H groups in total. The SMILES string of the molecule is CC(C)(C)OC(=O)N1CC(O)CO[C@H](COCc2ccccc2)C1. The second-order valence-electron chi connectivity index (χ2n) is 7.00. The van der Waals surface area contributed by atoms with Gasteiger partial charge in [-0.05, 0) is 26.3 Å². The van der Waals surface area contributed by atoms with Crippen LogP contribution in [0.15, 0.2) is 30.3 Å². The van der Waals surface area contributed by atoms with Crippen LogP contribution in [0.5, 0.6) is 0 Å². The standard InChI is InChI=1S/C18H27NO5/c1-18(2,3)24-17(21)19-9-15(20)12-23-16(10-19)13-22-11-14-7-5-4-6-8-14/h4-8,15-16,20H,9-13H2,1-3H3/t15?,16-/m0/s1. The van der Waals surface area contributed by atoms with E-state index in [-0.39, 0.29) is 19.3 Å². The van der Waals surface area contributed by atoms with E-state index in [4.69, 9.17) is 14.2 Å². The number of aliphatic hydroxyl groups is 1. The molecule has 1 aliphatic heterocycles. The molecule has 1 aromatic carbocycles. The van der Waals surface area contributed by atoms with Crippen molar-refractivity contribution in [3.05, 3.63) is 35.9 Å². The number of nitrogens with zero attached hydrogens (tertiary/aromatic N) is 1. The molecule has 1 unspecified atom stereocenters. The average Bonchev–Trinajstić information content (AvgIpc) is 2.69. The maximum absolute atomic E-state index is 12.2. The lowest BCUT2D eigenvalue weighted by atomic mass is 10.2. The number of aliphatic hydroxyl groups excluding tert-OH is 1. The van der Waals surface area contributed by atoms with Crippen LogP contribution in [0, 0.1) is 0 Å². The van der Waals surface area contributed by atoms with Crippen LogP contribution in [0.2, 0.25) is 0 Å². The molecule has 0 bridgehead atoms. The summed E-state index contributed by atoms with van der Waals surface area (Å²) in [6.45, 7) is 6.99. The molecule has 6 nitrogen and oxygen atoms in total. The fourth-order valence-electron chi connectivity index (χ4n) is 2.39. The third kappa shape index (κ3) is 6.47. The Morgan fingerprint density at radius 2 is 2.00 bits per heavy atom.